The standard InChI is InChI=1S/C22H19N5OS/c28-20(19-7-4-11-24-15-19)16-29-22-26-25-21(18-8-12-23-13-9-18)27(22)14-10-17-5-2-1-3-6-17/h1-9,11-13,15H,10,14,16H2. The van der Waals surface area contributed by atoms with Gasteiger partial charge >= 0.3 is 0 Å². The van der Waals surface area contributed by atoms with Crippen LogP contribution in [-0.4, -0.2) is 36.3 Å². The average molecular weight is 401 g/mol. The Bertz CT molecular complexity index is 1070. The van der Waals surface area contributed by atoms with Crippen LogP contribution >= 0.6 is 11.8 Å². The van der Waals surface area contributed by atoms with E-state index in [1.54, 1.807) is 36.9 Å². The summed E-state index contributed by atoms with van der Waals surface area (Å²) in [5, 5.41) is 9.48. The lowest BCUT2D eigenvalue weighted by atomic mass is 10.1. The summed E-state index contributed by atoms with van der Waals surface area (Å²) in [5.41, 5.74) is 2.79. The Hall–Kier alpha value is -3.32. The molecule has 3 aromatic heterocycles. The number of aryl methyl sites for hydroxylation is 1. The van der Waals surface area contributed by atoms with E-state index in [-0.39, 0.29) is 11.5 Å². The molecule has 0 aliphatic heterocycles. The van der Waals surface area contributed by atoms with Crippen molar-refractivity contribution in [3.63, 3.8) is 0 Å². The molecule has 0 fully saturated rings. The predicted molar refractivity (Wildman–Crippen MR) is 113 cm³/mol. The molecule has 0 radical (unpaired) electrons. The van der Waals surface area contributed by atoms with Crippen molar-refractivity contribution in [1.29, 1.82) is 0 Å². The van der Waals surface area contributed by atoms with Gasteiger partial charge in [-0.15, -0.1) is 10.2 Å². The molecule has 0 bridgehead atoms. The second-order valence-electron chi connectivity index (χ2n) is 6.38. The summed E-state index contributed by atoms with van der Waals surface area (Å²) in [6.07, 6.45) is 7.58. The van der Waals surface area contributed by atoms with Crippen LogP contribution in [0.3, 0.4) is 0 Å². The number of pyridine rings is 2. The summed E-state index contributed by atoms with van der Waals surface area (Å²) < 4.78 is 2.07. The molecule has 4 rings (SSSR count). The zero-order valence-corrected chi connectivity index (χ0v) is 16.5. The molecule has 0 spiro atoms. The molecule has 29 heavy (non-hydrogen) atoms. The molecule has 144 valence electrons. The lowest BCUT2D eigenvalue weighted by Gasteiger charge is -2.10. The number of carbonyl (C=O) groups excluding carboxylic acids is 1. The highest BCUT2D eigenvalue weighted by Crippen LogP contribution is 2.25. The van der Waals surface area contributed by atoms with Crippen LogP contribution in [0.5, 0.6) is 0 Å². The molecule has 4 aromatic rings. The highest BCUT2D eigenvalue weighted by Gasteiger charge is 2.16. The van der Waals surface area contributed by atoms with Gasteiger partial charge in [0.1, 0.15) is 0 Å². The maximum atomic E-state index is 12.5. The minimum absolute atomic E-state index is 0.0196. The molecule has 3 heterocycles. The molecule has 7 heteroatoms. The molecule has 0 amide bonds. The largest absolute Gasteiger partial charge is 0.302 e. The van der Waals surface area contributed by atoms with E-state index < -0.39 is 0 Å². The number of Topliss-reactive ketones (excluding diaryl/α,β-unsaturated/α-hetero) is 1. The Balaban J connectivity index is 1.56. The van der Waals surface area contributed by atoms with Crippen molar-refractivity contribution in [3.8, 4) is 11.4 Å². The number of aromatic nitrogens is 5. The second-order valence-corrected chi connectivity index (χ2v) is 7.33. The van der Waals surface area contributed by atoms with E-state index in [0.29, 0.717) is 5.56 Å². The van der Waals surface area contributed by atoms with Crippen molar-refractivity contribution < 1.29 is 4.79 Å². The number of hydrogen-bond acceptors (Lipinski definition) is 6. The zero-order valence-electron chi connectivity index (χ0n) is 15.7. The van der Waals surface area contributed by atoms with Gasteiger partial charge in [-0.2, -0.15) is 0 Å². The first kappa shape index (κ1) is 19.0. The van der Waals surface area contributed by atoms with Crippen molar-refractivity contribution >= 4 is 17.5 Å². The summed E-state index contributed by atoms with van der Waals surface area (Å²) in [6, 6.07) is 17.7. The Morgan fingerprint density at radius 2 is 1.72 bits per heavy atom. The number of ketones is 1. The molecule has 0 unspecified atom stereocenters. The predicted octanol–water partition coefficient (Wildman–Crippen LogP) is 3.95. The van der Waals surface area contributed by atoms with Gasteiger partial charge in [-0.05, 0) is 36.2 Å². The van der Waals surface area contributed by atoms with E-state index in [9.17, 15) is 4.79 Å². The lowest BCUT2D eigenvalue weighted by Crippen LogP contribution is -2.08. The Morgan fingerprint density at radius 3 is 2.48 bits per heavy atom. The fraction of sp³-hybridized carbons (Fsp3) is 0.136. The van der Waals surface area contributed by atoms with Crippen molar-refractivity contribution in [1.82, 2.24) is 24.7 Å². The van der Waals surface area contributed by atoms with Gasteiger partial charge in [0.05, 0.1) is 5.75 Å². The number of carbonyl (C=O) groups is 1. The molecule has 0 saturated heterocycles. The molecule has 0 N–H and O–H groups in total. The van der Waals surface area contributed by atoms with Gasteiger partial charge in [-0.3, -0.25) is 14.8 Å². The van der Waals surface area contributed by atoms with Crippen LogP contribution in [0.4, 0.5) is 0 Å². The van der Waals surface area contributed by atoms with Crippen LogP contribution in [0.25, 0.3) is 11.4 Å². The molecule has 0 atom stereocenters. The van der Waals surface area contributed by atoms with Crippen molar-refractivity contribution in [2.45, 2.75) is 18.1 Å². The van der Waals surface area contributed by atoms with Gasteiger partial charge in [0, 0.05) is 42.5 Å². The van der Waals surface area contributed by atoms with Crippen LogP contribution < -0.4 is 0 Å². The summed E-state index contributed by atoms with van der Waals surface area (Å²) in [6.45, 7) is 0.720. The van der Waals surface area contributed by atoms with E-state index >= 15 is 0 Å². The van der Waals surface area contributed by atoms with Crippen LogP contribution in [-0.2, 0) is 13.0 Å². The zero-order chi connectivity index (χ0) is 19.9. The van der Waals surface area contributed by atoms with Gasteiger partial charge in [-0.25, -0.2) is 0 Å². The van der Waals surface area contributed by atoms with Crippen molar-refractivity contribution in [2.24, 2.45) is 0 Å². The molecular formula is C22H19N5OS. The summed E-state index contributed by atoms with van der Waals surface area (Å²) in [7, 11) is 0. The molecule has 0 aliphatic carbocycles. The van der Waals surface area contributed by atoms with E-state index in [1.807, 2.05) is 30.3 Å². The Morgan fingerprint density at radius 1 is 0.897 bits per heavy atom. The fourth-order valence-electron chi connectivity index (χ4n) is 2.94. The monoisotopic (exact) mass is 401 g/mol. The summed E-state index contributed by atoms with van der Waals surface area (Å²) in [4.78, 5) is 20.6. The molecule has 0 aliphatic rings. The van der Waals surface area contributed by atoms with Gasteiger partial charge in [0.2, 0.25) is 0 Å². The van der Waals surface area contributed by atoms with Crippen LogP contribution in [0.1, 0.15) is 15.9 Å². The van der Waals surface area contributed by atoms with Gasteiger partial charge in [0.15, 0.2) is 16.8 Å². The molecule has 0 saturated carbocycles. The topological polar surface area (TPSA) is 73.6 Å². The van der Waals surface area contributed by atoms with Gasteiger partial charge < -0.3 is 4.57 Å². The van der Waals surface area contributed by atoms with E-state index in [0.717, 1.165) is 29.5 Å². The number of hydrogen-bond donors (Lipinski definition) is 0. The van der Waals surface area contributed by atoms with E-state index in [1.165, 1.54) is 17.3 Å². The smallest absolute Gasteiger partial charge is 0.191 e. The van der Waals surface area contributed by atoms with Crippen molar-refractivity contribution in [2.75, 3.05) is 5.75 Å². The summed E-state index contributed by atoms with van der Waals surface area (Å²) in [5.74, 6) is 1.08. The van der Waals surface area contributed by atoms with E-state index in [4.69, 9.17) is 0 Å². The minimum Gasteiger partial charge on any atom is -0.302 e. The van der Waals surface area contributed by atoms with Gasteiger partial charge in [-0.1, -0.05) is 42.1 Å². The number of benzene rings is 1. The maximum absolute atomic E-state index is 12.5. The van der Waals surface area contributed by atoms with Gasteiger partial charge in [0.25, 0.3) is 0 Å². The number of thioether (sulfide) groups is 1. The first-order valence-corrected chi connectivity index (χ1v) is 10.2. The average Bonchev–Trinajstić information content (AvgIpc) is 3.20. The molecule has 6 nitrogen and oxygen atoms in total. The Kier molecular flexibility index (Phi) is 6.07. The summed E-state index contributed by atoms with van der Waals surface area (Å²) >= 11 is 1.40. The lowest BCUT2D eigenvalue weighted by molar-refractivity contribution is 0.102. The maximum Gasteiger partial charge on any atom is 0.191 e. The minimum atomic E-state index is 0.0196. The number of rotatable bonds is 8. The fourth-order valence-corrected chi connectivity index (χ4v) is 3.80. The third-order valence-electron chi connectivity index (χ3n) is 4.44. The van der Waals surface area contributed by atoms with Crippen LogP contribution in [0, 0.1) is 0 Å². The highest BCUT2D eigenvalue weighted by atomic mass is 32.2. The molecule has 1 aromatic carbocycles. The van der Waals surface area contributed by atoms with Crippen LogP contribution in [0.15, 0.2) is 84.5 Å². The molecular weight excluding hydrogens is 382 g/mol. The third-order valence-corrected chi connectivity index (χ3v) is 5.40. The SMILES string of the molecule is O=C(CSc1nnc(-c2ccncc2)n1CCc1ccccc1)c1cccnc1. The van der Waals surface area contributed by atoms with Crippen LogP contribution in [0.2, 0.25) is 0 Å². The van der Waals surface area contributed by atoms with Crippen molar-refractivity contribution in [3.05, 3.63) is 90.5 Å². The normalized spacial score (nSPS) is 10.8. The first-order valence-electron chi connectivity index (χ1n) is 9.25. The Labute approximate surface area is 173 Å². The second kappa shape index (κ2) is 9.25. The first-order chi connectivity index (χ1) is 14.3. The number of nitrogens with zero attached hydrogens (tertiary/aromatic N) is 5. The highest BCUT2D eigenvalue weighted by molar-refractivity contribution is 7.99. The quantitative estimate of drug-likeness (QED) is 0.329. The van der Waals surface area contributed by atoms with E-state index in [2.05, 4.69) is 36.9 Å². The third kappa shape index (κ3) is 4.75.